The zero-order valence-electron chi connectivity index (χ0n) is 22.9. The number of aryl methyl sites for hydroxylation is 1. The van der Waals surface area contributed by atoms with Gasteiger partial charge in [0.05, 0.1) is 16.3 Å². The van der Waals surface area contributed by atoms with E-state index >= 15 is 0 Å². The molecule has 1 amide bonds. The maximum Gasteiger partial charge on any atom is 0.296 e. The fourth-order valence-corrected chi connectivity index (χ4v) is 5.62. The Morgan fingerprint density at radius 2 is 1.71 bits per heavy atom. The molecule has 12 nitrogen and oxygen atoms in total. The first kappa shape index (κ1) is 28.7. The van der Waals surface area contributed by atoms with Crippen LogP contribution in [0.3, 0.4) is 0 Å². The van der Waals surface area contributed by atoms with Gasteiger partial charge in [0, 0.05) is 19.2 Å². The Kier molecular flexibility index (Phi) is 7.91. The lowest BCUT2D eigenvalue weighted by molar-refractivity contribution is 0.0943. The number of aromatic nitrogens is 2. The number of hydrazine groups is 1. The molecule has 0 bridgehead atoms. The topological polar surface area (TPSA) is 145 Å². The average molecular weight is 609 g/mol. The summed E-state index contributed by atoms with van der Waals surface area (Å²) in [5.74, 6) is 0.717. The summed E-state index contributed by atoms with van der Waals surface area (Å²) < 4.78 is 42.7. The van der Waals surface area contributed by atoms with Crippen LogP contribution >= 0.6 is 12.2 Å². The number of carbonyl (C=O) groups excluding carboxylic acids is 1. The van der Waals surface area contributed by atoms with Gasteiger partial charge in [0.1, 0.15) is 5.69 Å². The third kappa shape index (κ3) is 5.80. The van der Waals surface area contributed by atoms with Gasteiger partial charge in [-0.15, -0.1) is 0 Å². The van der Waals surface area contributed by atoms with E-state index in [0.717, 1.165) is 5.56 Å². The van der Waals surface area contributed by atoms with Crippen molar-refractivity contribution in [2.45, 2.75) is 25.3 Å². The maximum absolute atomic E-state index is 13.3. The Bertz CT molecular complexity index is 1850. The van der Waals surface area contributed by atoms with Crippen LogP contribution < -0.4 is 35.9 Å². The molecule has 0 radical (unpaired) electrons. The molecule has 1 aromatic heterocycles. The SMILES string of the molecule is Cc1ccc(S(=O)(=O)Nc2c(C)n(C)n(-c3ccccc3)c2=O)cc1C(=O)NNC(=S)NCc1ccc2c(c1)OCO2. The van der Waals surface area contributed by atoms with Crippen LogP contribution in [0.4, 0.5) is 5.69 Å². The van der Waals surface area contributed by atoms with Gasteiger partial charge < -0.3 is 14.8 Å². The molecule has 3 aromatic carbocycles. The molecule has 5 rings (SSSR count). The molecule has 2 heterocycles. The Hall–Kier alpha value is -4.82. The standard InChI is InChI=1S/C28H28N6O6S2/c1-17-9-11-21(42(37,38)32-25-18(2)33(3)34(27(25)36)20-7-5-4-6-8-20)14-22(17)26(35)30-31-28(41)29-15-19-10-12-23-24(13-19)40-16-39-23/h4-14,32H,15-16H2,1-3H3,(H,30,35)(H2,29,31,41). The molecular weight excluding hydrogens is 580 g/mol. The molecule has 0 saturated carbocycles. The number of carbonyl (C=O) groups is 1. The number of anilines is 1. The van der Waals surface area contributed by atoms with E-state index in [1.165, 1.54) is 22.9 Å². The van der Waals surface area contributed by atoms with Crippen molar-refractivity contribution >= 4 is 38.9 Å². The number of benzene rings is 3. The van der Waals surface area contributed by atoms with Crippen LogP contribution in [0.25, 0.3) is 5.69 Å². The van der Waals surface area contributed by atoms with E-state index in [1.807, 2.05) is 18.2 Å². The number of nitrogens with one attached hydrogen (secondary N) is 4. The zero-order chi connectivity index (χ0) is 30.0. The minimum absolute atomic E-state index is 0.0894. The van der Waals surface area contributed by atoms with Gasteiger partial charge in [0.2, 0.25) is 6.79 Å². The van der Waals surface area contributed by atoms with Crippen molar-refractivity contribution in [2.75, 3.05) is 11.5 Å². The average Bonchev–Trinajstić information content (AvgIpc) is 3.53. The van der Waals surface area contributed by atoms with Crippen molar-refractivity contribution in [3.8, 4) is 17.2 Å². The summed E-state index contributed by atoms with van der Waals surface area (Å²) in [6.07, 6.45) is 0. The Morgan fingerprint density at radius 1 is 0.976 bits per heavy atom. The normalized spacial score (nSPS) is 12.1. The van der Waals surface area contributed by atoms with Crippen LogP contribution in [0.2, 0.25) is 0 Å². The highest BCUT2D eigenvalue weighted by molar-refractivity contribution is 7.92. The van der Waals surface area contributed by atoms with Crippen molar-refractivity contribution in [3.05, 3.63) is 99.5 Å². The second kappa shape index (κ2) is 11.6. The second-order valence-electron chi connectivity index (χ2n) is 9.47. The van der Waals surface area contributed by atoms with Crippen LogP contribution in [0.5, 0.6) is 11.5 Å². The van der Waals surface area contributed by atoms with Gasteiger partial charge in [-0.25, -0.2) is 13.1 Å². The summed E-state index contributed by atoms with van der Waals surface area (Å²) in [6.45, 7) is 3.86. The fourth-order valence-electron chi connectivity index (χ4n) is 4.35. The zero-order valence-corrected chi connectivity index (χ0v) is 24.6. The van der Waals surface area contributed by atoms with E-state index in [2.05, 4.69) is 20.9 Å². The largest absolute Gasteiger partial charge is 0.454 e. The van der Waals surface area contributed by atoms with Gasteiger partial charge in [-0.1, -0.05) is 30.3 Å². The number of para-hydroxylation sites is 1. The van der Waals surface area contributed by atoms with Crippen molar-refractivity contribution in [1.82, 2.24) is 25.5 Å². The highest BCUT2D eigenvalue weighted by atomic mass is 32.2. The second-order valence-corrected chi connectivity index (χ2v) is 11.6. The summed E-state index contributed by atoms with van der Waals surface area (Å²) in [7, 11) is -2.56. The predicted octanol–water partition coefficient (Wildman–Crippen LogP) is 2.63. The van der Waals surface area contributed by atoms with Crippen molar-refractivity contribution < 1.29 is 22.7 Å². The number of ether oxygens (including phenoxy) is 2. The molecule has 14 heteroatoms. The first-order chi connectivity index (χ1) is 20.0. The van der Waals surface area contributed by atoms with Gasteiger partial charge in [-0.3, -0.25) is 29.8 Å². The third-order valence-electron chi connectivity index (χ3n) is 6.73. The van der Waals surface area contributed by atoms with Crippen molar-refractivity contribution in [2.24, 2.45) is 7.05 Å². The molecule has 1 aliphatic rings. The lowest BCUT2D eigenvalue weighted by Crippen LogP contribution is -2.46. The summed E-state index contributed by atoms with van der Waals surface area (Å²) in [4.78, 5) is 26.0. The summed E-state index contributed by atoms with van der Waals surface area (Å²) in [6, 6.07) is 18.5. The van der Waals surface area contributed by atoms with E-state index in [1.54, 1.807) is 55.9 Å². The van der Waals surface area contributed by atoms with Crippen LogP contribution in [0, 0.1) is 13.8 Å². The first-order valence-corrected chi connectivity index (χ1v) is 14.6. The number of hydrogen-bond donors (Lipinski definition) is 4. The van der Waals surface area contributed by atoms with Crippen LogP contribution in [0.1, 0.15) is 27.2 Å². The molecular formula is C28H28N6O6S2. The fraction of sp³-hybridized carbons (Fsp3) is 0.179. The minimum Gasteiger partial charge on any atom is -0.454 e. The summed E-state index contributed by atoms with van der Waals surface area (Å²) in [5.41, 5.74) is 7.03. The molecule has 1 aliphatic heterocycles. The van der Waals surface area contributed by atoms with Gasteiger partial charge in [0.25, 0.3) is 21.5 Å². The Morgan fingerprint density at radius 3 is 2.48 bits per heavy atom. The van der Waals surface area contributed by atoms with Gasteiger partial charge in [-0.2, -0.15) is 0 Å². The number of amides is 1. The van der Waals surface area contributed by atoms with E-state index in [4.69, 9.17) is 21.7 Å². The monoisotopic (exact) mass is 608 g/mol. The van der Waals surface area contributed by atoms with E-state index in [0.29, 0.717) is 35.0 Å². The lowest BCUT2D eigenvalue weighted by Gasteiger charge is -2.14. The first-order valence-electron chi connectivity index (χ1n) is 12.8. The molecule has 42 heavy (non-hydrogen) atoms. The molecule has 218 valence electrons. The minimum atomic E-state index is -4.23. The predicted molar refractivity (Wildman–Crippen MR) is 160 cm³/mol. The third-order valence-corrected chi connectivity index (χ3v) is 8.33. The number of nitrogens with zero attached hydrogens (tertiary/aromatic N) is 2. The smallest absolute Gasteiger partial charge is 0.296 e. The Balaban J connectivity index is 1.26. The van der Waals surface area contributed by atoms with E-state index in [-0.39, 0.29) is 28.1 Å². The highest BCUT2D eigenvalue weighted by Crippen LogP contribution is 2.32. The summed E-state index contributed by atoms with van der Waals surface area (Å²) in [5, 5.41) is 3.12. The Labute approximate surface area is 247 Å². The quantitative estimate of drug-likeness (QED) is 0.184. The molecule has 4 N–H and O–H groups in total. The van der Waals surface area contributed by atoms with Gasteiger partial charge in [-0.05, 0) is 73.6 Å². The lowest BCUT2D eigenvalue weighted by atomic mass is 10.1. The van der Waals surface area contributed by atoms with E-state index in [9.17, 15) is 18.0 Å². The van der Waals surface area contributed by atoms with E-state index < -0.39 is 21.5 Å². The van der Waals surface area contributed by atoms with Crippen LogP contribution in [0.15, 0.2) is 76.4 Å². The van der Waals surface area contributed by atoms with Crippen LogP contribution in [-0.4, -0.2) is 35.6 Å². The molecule has 4 aromatic rings. The molecule has 0 fully saturated rings. The van der Waals surface area contributed by atoms with Gasteiger partial charge in [0.15, 0.2) is 16.6 Å². The number of sulfonamides is 1. The molecule has 0 saturated heterocycles. The maximum atomic E-state index is 13.3. The van der Waals surface area contributed by atoms with Crippen LogP contribution in [-0.2, 0) is 23.6 Å². The summed E-state index contributed by atoms with van der Waals surface area (Å²) >= 11 is 5.25. The number of fused-ring (bicyclic) bond motifs is 1. The molecule has 0 atom stereocenters. The molecule has 0 spiro atoms. The number of rotatable bonds is 7. The highest BCUT2D eigenvalue weighted by Gasteiger charge is 2.24. The van der Waals surface area contributed by atoms with Gasteiger partial charge >= 0.3 is 0 Å². The van der Waals surface area contributed by atoms with Crippen molar-refractivity contribution in [1.29, 1.82) is 0 Å². The number of thiocarbonyl (C=S) groups is 1. The number of hydrogen-bond acceptors (Lipinski definition) is 7. The molecule has 0 aliphatic carbocycles. The van der Waals surface area contributed by atoms with Crippen molar-refractivity contribution in [3.63, 3.8) is 0 Å². The molecule has 0 unspecified atom stereocenters.